The number of alkyl halides is 1. The molecular weight excluding hydrogens is 210 g/mol. The van der Waals surface area contributed by atoms with Crippen LogP contribution >= 0.6 is 11.6 Å². The second-order valence-electron chi connectivity index (χ2n) is 4.10. The number of halogens is 1. The van der Waals surface area contributed by atoms with Gasteiger partial charge in [0.15, 0.2) is 0 Å². The molecule has 1 N–H and O–H groups in total. The number of hydrogen-bond donors (Lipinski definition) is 1. The first-order chi connectivity index (χ1) is 6.93. The molecule has 0 heterocycles. The van der Waals surface area contributed by atoms with Crippen molar-refractivity contribution in [3.8, 4) is 0 Å². The zero-order valence-electron chi connectivity index (χ0n) is 9.25. The molecule has 1 aromatic rings. The predicted molar refractivity (Wildman–Crippen MR) is 62.9 cm³/mol. The summed E-state index contributed by atoms with van der Waals surface area (Å²) in [6.45, 7) is 5.58. The van der Waals surface area contributed by atoms with Crippen molar-refractivity contribution >= 4 is 17.5 Å². The molecule has 0 fully saturated rings. The molecule has 82 valence electrons. The number of carbonyl (C=O) groups is 1. The van der Waals surface area contributed by atoms with Crippen LogP contribution in [0.3, 0.4) is 0 Å². The number of rotatable bonds is 3. The SMILES string of the molecule is CC(Cl)C(=O)NC(C)(C)c1ccccc1. The van der Waals surface area contributed by atoms with E-state index in [1.165, 1.54) is 0 Å². The number of nitrogens with one attached hydrogen (secondary N) is 1. The molecule has 0 aliphatic rings. The highest BCUT2D eigenvalue weighted by Crippen LogP contribution is 2.19. The molecule has 1 unspecified atom stereocenters. The normalized spacial score (nSPS) is 13.3. The summed E-state index contributed by atoms with van der Waals surface area (Å²) in [7, 11) is 0. The van der Waals surface area contributed by atoms with Crippen molar-refractivity contribution in [2.75, 3.05) is 0 Å². The van der Waals surface area contributed by atoms with Gasteiger partial charge in [-0.05, 0) is 26.3 Å². The highest BCUT2D eigenvalue weighted by Gasteiger charge is 2.24. The Balaban J connectivity index is 2.80. The van der Waals surface area contributed by atoms with Crippen molar-refractivity contribution in [2.24, 2.45) is 0 Å². The number of benzene rings is 1. The van der Waals surface area contributed by atoms with Gasteiger partial charge in [0.1, 0.15) is 5.38 Å². The van der Waals surface area contributed by atoms with Gasteiger partial charge in [0, 0.05) is 0 Å². The molecule has 0 aliphatic heterocycles. The second kappa shape index (κ2) is 4.67. The van der Waals surface area contributed by atoms with Gasteiger partial charge in [-0.1, -0.05) is 30.3 Å². The van der Waals surface area contributed by atoms with Crippen molar-refractivity contribution < 1.29 is 4.79 Å². The molecular formula is C12H16ClNO. The maximum absolute atomic E-state index is 11.5. The van der Waals surface area contributed by atoms with Crippen molar-refractivity contribution in [1.82, 2.24) is 5.32 Å². The van der Waals surface area contributed by atoms with Crippen LogP contribution in [-0.4, -0.2) is 11.3 Å². The lowest BCUT2D eigenvalue weighted by molar-refractivity contribution is -0.122. The van der Waals surface area contributed by atoms with Crippen LogP contribution in [0.1, 0.15) is 26.3 Å². The van der Waals surface area contributed by atoms with Gasteiger partial charge in [-0.15, -0.1) is 11.6 Å². The standard InChI is InChI=1S/C12H16ClNO/c1-9(13)11(15)14-12(2,3)10-7-5-4-6-8-10/h4-9H,1-3H3,(H,14,15). The molecule has 0 bridgehead atoms. The monoisotopic (exact) mass is 225 g/mol. The number of carbonyl (C=O) groups excluding carboxylic acids is 1. The first-order valence-electron chi connectivity index (χ1n) is 4.95. The molecule has 0 saturated heterocycles. The third-order valence-corrected chi connectivity index (χ3v) is 2.49. The average Bonchev–Trinajstić information content (AvgIpc) is 2.18. The van der Waals surface area contributed by atoms with Crippen molar-refractivity contribution in [1.29, 1.82) is 0 Å². The summed E-state index contributed by atoms with van der Waals surface area (Å²) in [6.07, 6.45) is 0. The molecule has 2 nitrogen and oxygen atoms in total. The highest BCUT2D eigenvalue weighted by molar-refractivity contribution is 6.30. The largest absolute Gasteiger partial charge is 0.346 e. The Bertz CT molecular complexity index is 333. The van der Waals surface area contributed by atoms with Crippen LogP contribution in [-0.2, 0) is 10.3 Å². The first-order valence-corrected chi connectivity index (χ1v) is 5.39. The summed E-state index contributed by atoms with van der Waals surface area (Å²) in [4.78, 5) is 11.5. The third kappa shape index (κ3) is 3.24. The molecule has 0 radical (unpaired) electrons. The van der Waals surface area contributed by atoms with Crippen LogP contribution < -0.4 is 5.32 Å². The van der Waals surface area contributed by atoms with Crippen LogP contribution in [0, 0.1) is 0 Å². The average molecular weight is 226 g/mol. The fraction of sp³-hybridized carbons (Fsp3) is 0.417. The second-order valence-corrected chi connectivity index (χ2v) is 4.75. The van der Waals surface area contributed by atoms with E-state index >= 15 is 0 Å². The molecule has 3 heteroatoms. The molecule has 1 rings (SSSR count). The molecule has 1 aromatic carbocycles. The van der Waals surface area contributed by atoms with E-state index in [1.54, 1.807) is 6.92 Å². The Hall–Kier alpha value is -1.02. The molecule has 0 saturated carbocycles. The van der Waals surface area contributed by atoms with Gasteiger partial charge in [0.2, 0.25) is 5.91 Å². The number of amides is 1. The van der Waals surface area contributed by atoms with Crippen molar-refractivity contribution in [2.45, 2.75) is 31.7 Å². The minimum atomic E-state index is -0.506. The lowest BCUT2D eigenvalue weighted by atomic mass is 9.94. The fourth-order valence-corrected chi connectivity index (χ4v) is 1.39. The van der Waals surface area contributed by atoms with Crippen LogP contribution in [0.5, 0.6) is 0 Å². The Morgan fingerprint density at radius 1 is 1.33 bits per heavy atom. The van der Waals surface area contributed by atoms with E-state index in [-0.39, 0.29) is 11.4 Å². The van der Waals surface area contributed by atoms with Gasteiger partial charge in [0.25, 0.3) is 0 Å². The Kier molecular flexibility index (Phi) is 3.75. The van der Waals surface area contributed by atoms with E-state index < -0.39 is 5.38 Å². The summed E-state index contributed by atoms with van der Waals surface area (Å²) in [6, 6.07) is 9.82. The fourth-order valence-electron chi connectivity index (χ4n) is 1.33. The lowest BCUT2D eigenvalue weighted by Gasteiger charge is -2.27. The van der Waals surface area contributed by atoms with Crippen molar-refractivity contribution in [3.63, 3.8) is 0 Å². The quantitative estimate of drug-likeness (QED) is 0.788. The van der Waals surface area contributed by atoms with E-state index in [1.807, 2.05) is 44.2 Å². The highest BCUT2D eigenvalue weighted by atomic mass is 35.5. The lowest BCUT2D eigenvalue weighted by Crippen LogP contribution is -2.43. The molecule has 0 aromatic heterocycles. The Labute approximate surface area is 95.6 Å². The maximum atomic E-state index is 11.5. The minimum absolute atomic E-state index is 0.148. The van der Waals surface area contributed by atoms with Gasteiger partial charge in [0.05, 0.1) is 5.54 Å². The van der Waals surface area contributed by atoms with Gasteiger partial charge >= 0.3 is 0 Å². The summed E-state index contributed by atoms with van der Waals surface area (Å²) in [5.74, 6) is -0.148. The predicted octanol–water partition coefficient (Wildman–Crippen LogP) is 2.67. The van der Waals surface area contributed by atoms with Gasteiger partial charge < -0.3 is 5.32 Å². The molecule has 1 atom stereocenters. The van der Waals surface area contributed by atoms with E-state index in [0.717, 1.165) is 5.56 Å². The van der Waals surface area contributed by atoms with Crippen LogP contribution in [0.15, 0.2) is 30.3 Å². The molecule has 15 heavy (non-hydrogen) atoms. The first kappa shape index (κ1) is 12.1. The smallest absolute Gasteiger partial charge is 0.238 e. The third-order valence-electron chi connectivity index (χ3n) is 2.29. The van der Waals surface area contributed by atoms with E-state index in [4.69, 9.17) is 11.6 Å². The molecule has 1 amide bonds. The maximum Gasteiger partial charge on any atom is 0.238 e. The van der Waals surface area contributed by atoms with Crippen molar-refractivity contribution in [3.05, 3.63) is 35.9 Å². The van der Waals surface area contributed by atoms with E-state index in [2.05, 4.69) is 5.32 Å². The number of hydrogen-bond acceptors (Lipinski definition) is 1. The zero-order chi connectivity index (χ0) is 11.5. The van der Waals surface area contributed by atoms with Gasteiger partial charge in [-0.2, -0.15) is 0 Å². The van der Waals surface area contributed by atoms with E-state index in [9.17, 15) is 4.79 Å². The molecule has 0 aliphatic carbocycles. The summed E-state index contributed by atoms with van der Waals surface area (Å²) in [5.41, 5.74) is 0.678. The summed E-state index contributed by atoms with van der Waals surface area (Å²) in [5, 5.41) is 2.39. The Morgan fingerprint density at radius 3 is 2.33 bits per heavy atom. The molecule has 0 spiro atoms. The topological polar surface area (TPSA) is 29.1 Å². The zero-order valence-corrected chi connectivity index (χ0v) is 10.0. The minimum Gasteiger partial charge on any atom is -0.346 e. The summed E-state index contributed by atoms with van der Waals surface area (Å²) >= 11 is 5.71. The summed E-state index contributed by atoms with van der Waals surface area (Å²) < 4.78 is 0. The van der Waals surface area contributed by atoms with Crippen LogP contribution in [0.25, 0.3) is 0 Å². The van der Waals surface area contributed by atoms with Crippen LogP contribution in [0.2, 0.25) is 0 Å². The van der Waals surface area contributed by atoms with E-state index in [0.29, 0.717) is 0 Å². The van der Waals surface area contributed by atoms with Gasteiger partial charge in [-0.25, -0.2) is 0 Å². The Morgan fingerprint density at radius 2 is 1.87 bits per heavy atom. The van der Waals surface area contributed by atoms with Crippen LogP contribution in [0.4, 0.5) is 0 Å². The van der Waals surface area contributed by atoms with Gasteiger partial charge in [-0.3, -0.25) is 4.79 Å².